The van der Waals surface area contributed by atoms with Crippen LogP contribution in [-0.4, -0.2) is 10.5 Å². The number of aromatic nitrogens is 1. The Balaban J connectivity index is 1.91. The molecule has 2 aromatic heterocycles. The number of benzene rings is 1. The first kappa shape index (κ1) is 20.2. The van der Waals surface area contributed by atoms with E-state index in [1.807, 2.05) is 60.2 Å². The third-order valence-electron chi connectivity index (χ3n) is 4.31. The molecule has 4 nitrogen and oxygen atoms in total. The molecule has 0 aliphatic rings. The lowest BCUT2D eigenvalue weighted by atomic mass is 10.1. The summed E-state index contributed by atoms with van der Waals surface area (Å²) in [5.74, 6) is -0.401. The quantitative estimate of drug-likeness (QED) is 0.418. The Kier molecular flexibility index (Phi) is 6.25. The molecular formula is C21H17Cl2N3OS. The monoisotopic (exact) mass is 429 g/mol. The molecule has 3 aromatic rings. The predicted molar refractivity (Wildman–Crippen MR) is 115 cm³/mol. The zero-order chi connectivity index (χ0) is 20.3. The van der Waals surface area contributed by atoms with Crippen LogP contribution in [0.25, 0.3) is 11.8 Å². The van der Waals surface area contributed by atoms with Gasteiger partial charge in [-0.25, -0.2) is 0 Å². The Morgan fingerprint density at radius 1 is 1.29 bits per heavy atom. The van der Waals surface area contributed by atoms with Crippen LogP contribution in [0.1, 0.15) is 21.8 Å². The maximum absolute atomic E-state index is 12.4. The zero-order valence-corrected chi connectivity index (χ0v) is 17.6. The molecular weight excluding hydrogens is 413 g/mol. The predicted octanol–water partition coefficient (Wildman–Crippen LogP) is 5.69. The molecule has 0 fully saturated rings. The Labute approximate surface area is 177 Å². The lowest BCUT2D eigenvalue weighted by Gasteiger charge is -2.12. The van der Waals surface area contributed by atoms with E-state index in [-0.39, 0.29) is 5.57 Å². The average Bonchev–Trinajstić information content (AvgIpc) is 3.28. The highest BCUT2D eigenvalue weighted by atomic mass is 35.5. The molecule has 1 amide bonds. The van der Waals surface area contributed by atoms with Gasteiger partial charge in [-0.05, 0) is 55.1 Å². The summed E-state index contributed by atoms with van der Waals surface area (Å²) >= 11 is 14.1. The molecule has 3 rings (SSSR count). The van der Waals surface area contributed by atoms with Crippen molar-refractivity contribution < 1.29 is 4.79 Å². The summed E-state index contributed by atoms with van der Waals surface area (Å²) < 4.78 is 1.96. The second kappa shape index (κ2) is 8.66. The topological polar surface area (TPSA) is 57.8 Å². The Hall–Kier alpha value is -2.52. The number of nitrogens with zero attached hydrogens (tertiary/aromatic N) is 2. The van der Waals surface area contributed by atoms with Gasteiger partial charge < -0.3 is 9.88 Å². The van der Waals surface area contributed by atoms with E-state index in [4.69, 9.17) is 23.2 Å². The van der Waals surface area contributed by atoms with Crippen molar-refractivity contribution in [1.82, 2.24) is 9.88 Å². The minimum Gasteiger partial charge on any atom is -0.347 e. The molecule has 0 aliphatic heterocycles. The van der Waals surface area contributed by atoms with Crippen molar-refractivity contribution >= 4 is 46.5 Å². The van der Waals surface area contributed by atoms with Crippen molar-refractivity contribution in [3.63, 3.8) is 0 Å². The number of amides is 1. The molecule has 0 unspecified atom stereocenters. The summed E-state index contributed by atoms with van der Waals surface area (Å²) in [4.78, 5) is 13.4. The van der Waals surface area contributed by atoms with Crippen molar-refractivity contribution in [2.75, 3.05) is 0 Å². The van der Waals surface area contributed by atoms with E-state index in [1.165, 1.54) is 0 Å². The smallest absolute Gasteiger partial charge is 0.262 e. The number of carbonyl (C=O) groups excluding carboxylic acids is 1. The van der Waals surface area contributed by atoms with Gasteiger partial charge in [0, 0.05) is 16.3 Å². The summed E-state index contributed by atoms with van der Waals surface area (Å²) in [7, 11) is 0. The third-order valence-corrected chi connectivity index (χ3v) is 6.00. The number of hydrogen-bond acceptors (Lipinski definition) is 3. The number of nitrogens with one attached hydrogen (secondary N) is 1. The number of hydrogen-bond donors (Lipinski definition) is 1. The van der Waals surface area contributed by atoms with Crippen molar-refractivity contribution in [3.05, 3.63) is 79.2 Å². The lowest BCUT2D eigenvalue weighted by molar-refractivity contribution is -0.117. The Morgan fingerprint density at radius 3 is 2.75 bits per heavy atom. The molecule has 142 valence electrons. The maximum atomic E-state index is 12.4. The van der Waals surface area contributed by atoms with Crippen LogP contribution in [0.15, 0.2) is 47.4 Å². The first-order chi connectivity index (χ1) is 13.4. The first-order valence-electron chi connectivity index (χ1n) is 8.48. The SMILES string of the molecule is Cc1cc(/C=C(\C#N)C(=O)NCc2cccs2)c(C)n1-c1cccc(Cl)c1Cl. The van der Waals surface area contributed by atoms with Crippen LogP contribution >= 0.6 is 34.5 Å². The largest absolute Gasteiger partial charge is 0.347 e. The second-order valence-electron chi connectivity index (χ2n) is 6.17. The number of carbonyl (C=O) groups is 1. The molecule has 2 heterocycles. The minimum absolute atomic E-state index is 0.0500. The summed E-state index contributed by atoms with van der Waals surface area (Å²) in [5.41, 5.74) is 3.36. The van der Waals surface area contributed by atoms with Crippen LogP contribution in [0, 0.1) is 25.2 Å². The lowest BCUT2D eigenvalue weighted by Crippen LogP contribution is -2.23. The van der Waals surface area contributed by atoms with Gasteiger partial charge in [-0.15, -0.1) is 11.3 Å². The van der Waals surface area contributed by atoms with Crippen molar-refractivity contribution in [2.45, 2.75) is 20.4 Å². The Bertz CT molecular complexity index is 1090. The van der Waals surface area contributed by atoms with Gasteiger partial charge in [0.15, 0.2) is 0 Å². The van der Waals surface area contributed by atoms with Gasteiger partial charge in [0.1, 0.15) is 11.6 Å². The van der Waals surface area contributed by atoms with E-state index >= 15 is 0 Å². The van der Waals surface area contributed by atoms with E-state index < -0.39 is 5.91 Å². The first-order valence-corrected chi connectivity index (χ1v) is 10.1. The average molecular weight is 430 g/mol. The normalized spacial score (nSPS) is 11.3. The van der Waals surface area contributed by atoms with Gasteiger partial charge in [-0.3, -0.25) is 4.79 Å². The Morgan fingerprint density at radius 2 is 2.07 bits per heavy atom. The summed E-state index contributed by atoms with van der Waals surface area (Å²) in [5, 5.41) is 15.1. The number of aryl methyl sites for hydroxylation is 1. The highest BCUT2D eigenvalue weighted by molar-refractivity contribution is 7.09. The van der Waals surface area contributed by atoms with Crippen LogP contribution in [0.3, 0.4) is 0 Å². The fourth-order valence-electron chi connectivity index (χ4n) is 2.95. The van der Waals surface area contributed by atoms with Crippen LogP contribution in [0.4, 0.5) is 0 Å². The molecule has 0 saturated heterocycles. The third kappa shape index (κ3) is 4.15. The molecule has 0 saturated carbocycles. The molecule has 7 heteroatoms. The highest BCUT2D eigenvalue weighted by Crippen LogP contribution is 2.32. The number of halogens is 2. The van der Waals surface area contributed by atoms with Crippen molar-refractivity contribution in [2.24, 2.45) is 0 Å². The van der Waals surface area contributed by atoms with Gasteiger partial charge in [0.05, 0.1) is 22.3 Å². The second-order valence-corrected chi connectivity index (χ2v) is 7.98. The molecule has 0 radical (unpaired) electrons. The zero-order valence-electron chi connectivity index (χ0n) is 15.3. The molecule has 0 spiro atoms. The number of nitriles is 1. The van der Waals surface area contributed by atoms with Gasteiger partial charge in [0.25, 0.3) is 5.91 Å². The summed E-state index contributed by atoms with van der Waals surface area (Å²) in [6.45, 7) is 4.24. The fraction of sp³-hybridized carbons (Fsp3) is 0.143. The summed E-state index contributed by atoms with van der Waals surface area (Å²) in [6.07, 6.45) is 1.60. The van der Waals surface area contributed by atoms with E-state index in [0.29, 0.717) is 16.6 Å². The van der Waals surface area contributed by atoms with Crippen molar-refractivity contribution in [1.29, 1.82) is 5.26 Å². The van der Waals surface area contributed by atoms with Crippen LogP contribution < -0.4 is 5.32 Å². The highest BCUT2D eigenvalue weighted by Gasteiger charge is 2.16. The van der Waals surface area contributed by atoms with E-state index in [0.717, 1.165) is 27.5 Å². The molecule has 28 heavy (non-hydrogen) atoms. The van der Waals surface area contributed by atoms with Crippen LogP contribution in [0.2, 0.25) is 10.0 Å². The minimum atomic E-state index is -0.401. The molecule has 1 aromatic carbocycles. The van der Waals surface area contributed by atoms with Gasteiger partial charge in [-0.2, -0.15) is 5.26 Å². The van der Waals surface area contributed by atoms with Gasteiger partial charge in [-0.1, -0.05) is 35.3 Å². The summed E-state index contributed by atoms with van der Waals surface area (Å²) in [6, 6.07) is 13.2. The maximum Gasteiger partial charge on any atom is 0.262 e. The van der Waals surface area contributed by atoms with Gasteiger partial charge in [0.2, 0.25) is 0 Å². The number of rotatable bonds is 5. The van der Waals surface area contributed by atoms with Crippen LogP contribution in [0.5, 0.6) is 0 Å². The standard InChI is InChI=1S/C21H17Cl2N3OS/c1-13-9-15(14(2)26(13)19-7-3-6-18(22)20(19)23)10-16(11-24)21(27)25-12-17-5-4-8-28-17/h3-10H,12H2,1-2H3,(H,25,27)/b16-10+. The molecule has 0 aliphatic carbocycles. The molecule has 1 N–H and O–H groups in total. The van der Waals surface area contributed by atoms with E-state index in [9.17, 15) is 10.1 Å². The van der Waals surface area contributed by atoms with E-state index in [2.05, 4.69) is 5.32 Å². The van der Waals surface area contributed by atoms with Crippen molar-refractivity contribution in [3.8, 4) is 11.8 Å². The molecule has 0 atom stereocenters. The molecule has 0 bridgehead atoms. The van der Waals surface area contributed by atoms with Crippen LogP contribution in [-0.2, 0) is 11.3 Å². The number of thiophene rings is 1. The van der Waals surface area contributed by atoms with Gasteiger partial charge >= 0.3 is 0 Å². The fourth-order valence-corrected chi connectivity index (χ4v) is 3.97. The van der Waals surface area contributed by atoms with E-state index in [1.54, 1.807) is 23.5 Å².